The molecule has 2 amide bonds. The van der Waals surface area contributed by atoms with Gasteiger partial charge in [-0.05, 0) is 36.9 Å². The van der Waals surface area contributed by atoms with E-state index in [9.17, 15) is 9.59 Å². The zero-order chi connectivity index (χ0) is 14.4. The number of aliphatic carboxylic acids is 1. The Morgan fingerprint density at radius 2 is 1.95 bits per heavy atom. The van der Waals surface area contributed by atoms with Crippen LogP contribution in [0.1, 0.15) is 13.3 Å². The lowest BCUT2D eigenvalue weighted by molar-refractivity contribution is -0.141. The van der Waals surface area contributed by atoms with Crippen molar-refractivity contribution < 1.29 is 14.7 Å². The Hall–Kier alpha value is -1.69. The fourth-order valence-corrected chi connectivity index (χ4v) is 2.05. The second-order valence-corrected chi connectivity index (χ2v) is 4.91. The van der Waals surface area contributed by atoms with E-state index in [-0.39, 0.29) is 0 Å². The smallest absolute Gasteiger partial charge is 0.326 e. The van der Waals surface area contributed by atoms with Crippen LogP contribution in [0.3, 0.4) is 0 Å². The number of carboxylic acids is 1. The molecule has 1 aromatic carbocycles. The Balaban J connectivity index is 2.69. The molecule has 0 fully saturated rings. The molecule has 5 nitrogen and oxygen atoms in total. The minimum absolute atomic E-state index is 0.366. The molecule has 0 aliphatic heterocycles. The first-order valence-corrected chi connectivity index (χ1v) is 7.12. The van der Waals surface area contributed by atoms with Crippen LogP contribution in [0.5, 0.6) is 0 Å². The maximum atomic E-state index is 11.9. The number of nitrogens with one attached hydrogen (secondary N) is 1. The van der Waals surface area contributed by atoms with E-state index in [0.29, 0.717) is 12.1 Å². The zero-order valence-electron chi connectivity index (χ0n) is 11.2. The molecule has 2 N–H and O–H groups in total. The van der Waals surface area contributed by atoms with Crippen LogP contribution in [0.4, 0.5) is 10.5 Å². The second kappa shape index (κ2) is 7.04. The van der Waals surface area contributed by atoms with Crippen LogP contribution in [-0.2, 0) is 4.79 Å². The number of amides is 2. The highest BCUT2D eigenvalue weighted by atomic mass is 32.2. The van der Waals surface area contributed by atoms with E-state index in [1.54, 1.807) is 30.8 Å². The molecular weight excluding hydrogens is 264 g/mol. The number of hydrogen-bond donors (Lipinski definition) is 2. The predicted molar refractivity (Wildman–Crippen MR) is 76.7 cm³/mol. The first kappa shape index (κ1) is 15.4. The summed E-state index contributed by atoms with van der Waals surface area (Å²) >= 11 is 1.61. The minimum atomic E-state index is -1.00. The molecule has 0 aliphatic carbocycles. The van der Waals surface area contributed by atoms with Gasteiger partial charge in [-0.1, -0.05) is 6.92 Å². The largest absolute Gasteiger partial charge is 0.480 e. The molecule has 1 unspecified atom stereocenters. The van der Waals surface area contributed by atoms with Crippen molar-refractivity contribution in [3.05, 3.63) is 24.3 Å². The Kier molecular flexibility index (Phi) is 5.69. The molecule has 0 saturated heterocycles. The highest BCUT2D eigenvalue weighted by molar-refractivity contribution is 7.98. The molecular formula is C13H18N2O3S. The van der Waals surface area contributed by atoms with Gasteiger partial charge < -0.3 is 15.3 Å². The third kappa shape index (κ3) is 4.17. The molecule has 0 aromatic heterocycles. The number of benzene rings is 1. The van der Waals surface area contributed by atoms with Crippen molar-refractivity contribution in [2.75, 3.05) is 18.6 Å². The van der Waals surface area contributed by atoms with Crippen LogP contribution < -0.4 is 5.32 Å². The van der Waals surface area contributed by atoms with Crippen molar-refractivity contribution in [2.45, 2.75) is 24.3 Å². The Morgan fingerprint density at radius 3 is 2.37 bits per heavy atom. The van der Waals surface area contributed by atoms with Gasteiger partial charge in [0.05, 0.1) is 0 Å². The molecule has 1 atom stereocenters. The summed E-state index contributed by atoms with van der Waals surface area (Å²) in [4.78, 5) is 25.2. The van der Waals surface area contributed by atoms with Gasteiger partial charge >= 0.3 is 12.0 Å². The summed E-state index contributed by atoms with van der Waals surface area (Å²) in [6.07, 6.45) is 2.34. The van der Waals surface area contributed by atoms with Gasteiger partial charge in [0.15, 0.2) is 0 Å². The number of likely N-dealkylation sites (N-methyl/N-ethyl adjacent to an activating group) is 1. The molecule has 1 aromatic rings. The van der Waals surface area contributed by atoms with Crippen molar-refractivity contribution in [3.8, 4) is 0 Å². The lowest BCUT2D eigenvalue weighted by Gasteiger charge is -2.24. The van der Waals surface area contributed by atoms with E-state index in [1.165, 1.54) is 11.9 Å². The van der Waals surface area contributed by atoms with E-state index in [0.717, 1.165) is 4.90 Å². The molecule has 0 aliphatic rings. The number of urea groups is 1. The minimum Gasteiger partial charge on any atom is -0.480 e. The Morgan fingerprint density at radius 1 is 1.37 bits per heavy atom. The lowest BCUT2D eigenvalue weighted by atomic mass is 10.2. The van der Waals surface area contributed by atoms with Gasteiger partial charge in [-0.25, -0.2) is 9.59 Å². The number of carboxylic acid groups (broad SMARTS) is 1. The first-order chi connectivity index (χ1) is 8.99. The number of rotatable bonds is 5. The molecule has 1 rings (SSSR count). The molecule has 0 saturated carbocycles. The summed E-state index contributed by atoms with van der Waals surface area (Å²) in [6, 6.07) is 6.14. The van der Waals surface area contributed by atoms with Gasteiger partial charge in [-0.15, -0.1) is 11.8 Å². The summed E-state index contributed by atoms with van der Waals surface area (Å²) in [5, 5.41) is 11.7. The predicted octanol–water partition coefficient (Wildman–Crippen LogP) is 2.74. The highest BCUT2D eigenvalue weighted by Crippen LogP contribution is 2.18. The number of nitrogens with zero attached hydrogens (tertiary/aromatic N) is 1. The average Bonchev–Trinajstić information content (AvgIpc) is 2.39. The monoisotopic (exact) mass is 282 g/mol. The SMILES string of the molecule is CCC(C(=O)O)N(C)C(=O)Nc1ccc(SC)cc1. The highest BCUT2D eigenvalue weighted by Gasteiger charge is 2.24. The maximum absolute atomic E-state index is 11.9. The lowest BCUT2D eigenvalue weighted by Crippen LogP contribution is -2.44. The molecule has 19 heavy (non-hydrogen) atoms. The fraction of sp³-hybridized carbons (Fsp3) is 0.385. The standard InChI is InChI=1S/C13H18N2O3S/c1-4-11(12(16)17)15(2)13(18)14-9-5-7-10(19-3)8-6-9/h5-8,11H,4H2,1-3H3,(H,14,18)(H,16,17). The number of carbonyl (C=O) groups is 2. The molecule has 0 bridgehead atoms. The van der Waals surface area contributed by atoms with Gasteiger partial charge in [-0.2, -0.15) is 0 Å². The topological polar surface area (TPSA) is 69.6 Å². The number of hydrogen-bond acceptors (Lipinski definition) is 3. The number of carbonyl (C=O) groups excluding carboxylic acids is 1. The average molecular weight is 282 g/mol. The third-order valence-electron chi connectivity index (χ3n) is 2.80. The van der Waals surface area contributed by atoms with Crippen LogP contribution in [-0.4, -0.2) is 41.4 Å². The summed E-state index contributed by atoms with van der Waals surface area (Å²) in [6.45, 7) is 1.73. The molecule has 6 heteroatoms. The van der Waals surface area contributed by atoms with E-state index in [1.807, 2.05) is 18.4 Å². The van der Waals surface area contributed by atoms with E-state index >= 15 is 0 Å². The van der Waals surface area contributed by atoms with Gasteiger partial charge in [0.25, 0.3) is 0 Å². The van der Waals surface area contributed by atoms with Crippen LogP contribution in [0, 0.1) is 0 Å². The maximum Gasteiger partial charge on any atom is 0.326 e. The van der Waals surface area contributed by atoms with E-state index < -0.39 is 18.0 Å². The van der Waals surface area contributed by atoms with Crippen molar-refractivity contribution in [3.63, 3.8) is 0 Å². The van der Waals surface area contributed by atoms with Gasteiger partial charge in [0.1, 0.15) is 6.04 Å². The fourth-order valence-electron chi connectivity index (χ4n) is 1.64. The Bertz CT molecular complexity index is 448. The van der Waals surface area contributed by atoms with Crippen LogP contribution >= 0.6 is 11.8 Å². The molecule has 104 valence electrons. The zero-order valence-corrected chi connectivity index (χ0v) is 12.0. The first-order valence-electron chi connectivity index (χ1n) is 5.90. The number of anilines is 1. The third-order valence-corrected chi connectivity index (χ3v) is 3.54. The normalized spacial score (nSPS) is 11.7. The van der Waals surface area contributed by atoms with E-state index in [2.05, 4.69) is 5.32 Å². The summed E-state index contributed by atoms with van der Waals surface area (Å²) < 4.78 is 0. The van der Waals surface area contributed by atoms with Gasteiger partial charge in [0, 0.05) is 17.6 Å². The number of thioether (sulfide) groups is 1. The molecule has 0 heterocycles. The van der Waals surface area contributed by atoms with E-state index in [4.69, 9.17) is 5.11 Å². The van der Waals surface area contributed by atoms with Crippen molar-refractivity contribution in [1.82, 2.24) is 4.90 Å². The van der Waals surface area contributed by atoms with Gasteiger partial charge in [0.2, 0.25) is 0 Å². The molecule has 0 radical (unpaired) electrons. The molecule has 0 spiro atoms. The van der Waals surface area contributed by atoms with Crippen LogP contribution in [0.15, 0.2) is 29.2 Å². The summed E-state index contributed by atoms with van der Waals surface area (Å²) in [7, 11) is 1.48. The van der Waals surface area contributed by atoms with Crippen molar-refractivity contribution in [2.24, 2.45) is 0 Å². The second-order valence-electron chi connectivity index (χ2n) is 4.03. The quantitative estimate of drug-likeness (QED) is 0.815. The summed E-state index contributed by atoms with van der Waals surface area (Å²) in [5.41, 5.74) is 0.648. The summed E-state index contributed by atoms with van der Waals surface area (Å²) in [5.74, 6) is -1.00. The van der Waals surface area contributed by atoms with Crippen LogP contribution in [0.25, 0.3) is 0 Å². The van der Waals surface area contributed by atoms with Crippen molar-refractivity contribution in [1.29, 1.82) is 0 Å². The Labute approximate surface area is 117 Å². The van der Waals surface area contributed by atoms with Crippen LogP contribution in [0.2, 0.25) is 0 Å². The van der Waals surface area contributed by atoms with Gasteiger partial charge in [-0.3, -0.25) is 0 Å². The van der Waals surface area contributed by atoms with Crippen molar-refractivity contribution >= 4 is 29.4 Å².